The molecule has 0 atom stereocenters. The van der Waals surface area contributed by atoms with Crippen molar-refractivity contribution in [2.24, 2.45) is 0 Å². The summed E-state index contributed by atoms with van der Waals surface area (Å²) in [5, 5.41) is 0. The Kier molecular flexibility index (Phi) is 6.41. The SMILES string of the molecule is COC(=O)c1ccc(/C=C/c2cccc3c2C(Cc2cc(OC)cc(OC)c2)=CC3)cc1. The number of methoxy groups -OCH3 is 3. The highest BCUT2D eigenvalue weighted by Crippen LogP contribution is 2.35. The van der Waals surface area contributed by atoms with E-state index in [9.17, 15) is 4.79 Å². The molecular weight excluding hydrogens is 400 g/mol. The van der Waals surface area contributed by atoms with Gasteiger partial charge in [-0.15, -0.1) is 0 Å². The molecule has 1 aliphatic carbocycles. The summed E-state index contributed by atoms with van der Waals surface area (Å²) in [5.74, 6) is 1.26. The monoisotopic (exact) mass is 426 g/mol. The second kappa shape index (κ2) is 9.56. The molecule has 0 N–H and O–H groups in total. The first-order valence-corrected chi connectivity index (χ1v) is 10.5. The van der Waals surface area contributed by atoms with Gasteiger partial charge in [0.05, 0.1) is 26.9 Å². The molecule has 0 heterocycles. The summed E-state index contributed by atoms with van der Waals surface area (Å²) in [6, 6.07) is 19.8. The number of hydrogen-bond donors (Lipinski definition) is 0. The second-order valence-corrected chi connectivity index (χ2v) is 7.66. The van der Waals surface area contributed by atoms with Gasteiger partial charge in [0, 0.05) is 6.07 Å². The Morgan fingerprint density at radius 2 is 1.62 bits per heavy atom. The van der Waals surface area contributed by atoms with Crippen LogP contribution in [0, 0.1) is 0 Å². The average molecular weight is 427 g/mol. The molecule has 3 aromatic rings. The van der Waals surface area contributed by atoms with Crippen molar-refractivity contribution in [3.8, 4) is 11.5 Å². The van der Waals surface area contributed by atoms with Gasteiger partial charge in [-0.1, -0.05) is 48.6 Å². The zero-order valence-electron chi connectivity index (χ0n) is 18.6. The molecule has 0 spiro atoms. The molecule has 4 heteroatoms. The van der Waals surface area contributed by atoms with Crippen LogP contribution < -0.4 is 9.47 Å². The van der Waals surface area contributed by atoms with Gasteiger partial charge in [0.15, 0.2) is 0 Å². The van der Waals surface area contributed by atoms with Gasteiger partial charge >= 0.3 is 5.97 Å². The first-order valence-electron chi connectivity index (χ1n) is 10.5. The number of allylic oxidation sites excluding steroid dienone is 2. The average Bonchev–Trinajstić information content (AvgIpc) is 3.25. The van der Waals surface area contributed by atoms with Gasteiger partial charge in [0.2, 0.25) is 0 Å². The van der Waals surface area contributed by atoms with E-state index in [0.29, 0.717) is 5.56 Å². The maximum Gasteiger partial charge on any atom is 0.337 e. The number of fused-ring (bicyclic) bond motifs is 1. The predicted octanol–water partition coefficient (Wildman–Crippen LogP) is 5.84. The molecule has 1 aliphatic rings. The lowest BCUT2D eigenvalue weighted by atomic mass is 9.94. The summed E-state index contributed by atoms with van der Waals surface area (Å²) in [6.45, 7) is 0. The first-order chi connectivity index (χ1) is 15.6. The molecule has 0 radical (unpaired) electrons. The van der Waals surface area contributed by atoms with Crippen LogP contribution in [0.2, 0.25) is 0 Å². The zero-order valence-corrected chi connectivity index (χ0v) is 18.6. The molecule has 162 valence electrons. The van der Waals surface area contributed by atoms with E-state index in [2.05, 4.69) is 48.6 Å². The van der Waals surface area contributed by atoms with Crippen LogP contribution in [0.15, 0.2) is 66.7 Å². The van der Waals surface area contributed by atoms with E-state index < -0.39 is 0 Å². The fraction of sp³-hybridized carbons (Fsp3) is 0.179. The normalized spacial score (nSPS) is 12.4. The van der Waals surface area contributed by atoms with Crippen LogP contribution in [0.4, 0.5) is 0 Å². The van der Waals surface area contributed by atoms with Crippen molar-refractivity contribution in [2.75, 3.05) is 21.3 Å². The molecule has 4 nitrogen and oxygen atoms in total. The highest BCUT2D eigenvalue weighted by molar-refractivity contribution is 5.90. The third kappa shape index (κ3) is 4.59. The summed E-state index contributed by atoms with van der Waals surface area (Å²) in [7, 11) is 4.73. The molecule has 0 amide bonds. The lowest BCUT2D eigenvalue weighted by molar-refractivity contribution is 0.0600. The van der Waals surface area contributed by atoms with Gasteiger partial charge in [-0.05, 0) is 70.5 Å². The lowest BCUT2D eigenvalue weighted by Crippen LogP contribution is -2.00. The minimum atomic E-state index is -0.328. The molecule has 0 aromatic heterocycles. The van der Waals surface area contributed by atoms with E-state index in [0.717, 1.165) is 35.5 Å². The van der Waals surface area contributed by atoms with E-state index in [1.807, 2.05) is 18.2 Å². The van der Waals surface area contributed by atoms with Gasteiger partial charge in [0.25, 0.3) is 0 Å². The van der Waals surface area contributed by atoms with Crippen LogP contribution in [-0.2, 0) is 17.6 Å². The number of carbonyl (C=O) groups is 1. The minimum Gasteiger partial charge on any atom is -0.497 e. The first kappa shape index (κ1) is 21.4. The Bertz CT molecular complexity index is 1160. The van der Waals surface area contributed by atoms with Crippen molar-refractivity contribution in [1.29, 1.82) is 0 Å². The van der Waals surface area contributed by atoms with Crippen molar-refractivity contribution in [3.05, 3.63) is 100 Å². The predicted molar refractivity (Wildman–Crippen MR) is 128 cm³/mol. The van der Waals surface area contributed by atoms with Crippen LogP contribution in [-0.4, -0.2) is 27.3 Å². The lowest BCUT2D eigenvalue weighted by Gasteiger charge is -2.12. The van der Waals surface area contributed by atoms with E-state index in [1.54, 1.807) is 26.4 Å². The van der Waals surface area contributed by atoms with Gasteiger partial charge in [0.1, 0.15) is 11.5 Å². The minimum absolute atomic E-state index is 0.328. The van der Waals surface area contributed by atoms with Gasteiger partial charge in [-0.25, -0.2) is 4.79 Å². The van der Waals surface area contributed by atoms with Crippen molar-refractivity contribution >= 4 is 23.7 Å². The maximum absolute atomic E-state index is 11.6. The van der Waals surface area contributed by atoms with Crippen molar-refractivity contribution in [2.45, 2.75) is 12.8 Å². The topological polar surface area (TPSA) is 44.8 Å². The highest BCUT2D eigenvalue weighted by atomic mass is 16.5. The van der Waals surface area contributed by atoms with Crippen molar-refractivity contribution < 1.29 is 19.0 Å². The number of benzene rings is 3. The molecule has 0 fully saturated rings. The standard InChI is InChI=1S/C28H26O4/c1-30-25-16-20(17-26(18-25)31-2)15-24-14-13-22-6-4-5-21(27(22)24)10-7-19-8-11-23(12-9-19)28(29)32-3/h4-12,14,16-18H,13,15H2,1-3H3/b10-7+. The molecular formula is C28H26O4. The molecule has 32 heavy (non-hydrogen) atoms. The van der Waals surface area contributed by atoms with Crippen LogP contribution >= 0.6 is 0 Å². The summed E-state index contributed by atoms with van der Waals surface area (Å²) in [5.41, 5.74) is 7.82. The molecule has 0 bridgehead atoms. The Labute approximate surface area is 188 Å². The Morgan fingerprint density at radius 3 is 2.28 bits per heavy atom. The number of carbonyl (C=O) groups excluding carboxylic acids is 1. The fourth-order valence-electron chi connectivity index (χ4n) is 4.04. The third-order valence-electron chi connectivity index (χ3n) is 5.67. The maximum atomic E-state index is 11.6. The Balaban J connectivity index is 1.59. The number of hydrogen-bond acceptors (Lipinski definition) is 4. The summed E-state index contributed by atoms with van der Waals surface area (Å²) < 4.78 is 15.6. The molecule has 3 aromatic carbocycles. The zero-order chi connectivity index (χ0) is 22.5. The molecule has 4 rings (SSSR count). The van der Waals surface area contributed by atoms with Crippen LogP contribution in [0.3, 0.4) is 0 Å². The van der Waals surface area contributed by atoms with E-state index in [-0.39, 0.29) is 5.97 Å². The Morgan fingerprint density at radius 1 is 0.906 bits per heavy atom. The van der Waals surface area contributed by atoms with Crippen molar-refractivity contribution in [1.82, 2.24) is 0 Å². The van der Waals surface area contributed by atoms with Crippen LogP contribution in [0.5, 0.6) is 11.5 Å². The Hall–Kier alpha value is -3.79. The number of rotatable bonds is 7. The quantitative estimate of drug-likeness (QED) is 0.352. The number of ether oxygens (including phenoxy) is 3. The summed E-state index contributed by atoms with van der Waals surface area (Å²) in [4.78, 5) is 11.6. The van der Waals surface area contributed by atoms with Crippen LogP contribution in [0.1, 0.15) is 38.2 Å². The number of esters is 1. The largest absolute Gasteiger partial charge is 0.497 e. The van der Waals surface area contributed by atoms with E-state index >= 15 is 0 Å². The van der Waals surface area contributed by atoms with Gasteiger partial charge in [-0.3, -0.25) is 0 Å². The van der Waals surface area contributed by atoms with Crippen LogP contribution in [0.25, 0.3) is 17.7 Å². The molecule has 0 saturated carbocycles. The highest BCUT2D eigenvalue weighted by Gasteiger charge is 2.18. The van der Waals surface area contributed by atoms with E-state index in [1.165, 1.54) is 29.4 Å². The van der Waals surface area contributed by atoms with Gasteiger partial charge in [-0.2, -0.15) is 0 Å². The van der Waals surface area contributed by atoms with Gasteiger partial charge < -0.3 is 14.2 Å². The third-order valence-corrected chi connectivity index (χ3v) is 5.67. The fourth-order valence-corrected chi connectivity index (χ4v) is 4.04. The summed E-state index contributed by atoms with van der Waals surface area (Å²) >= 11 is 0. The molecule has 0 saturated heterocycles. The second-order valence-electron chi connectivity index (χ2n) is 7.66. The molecule has 0 aliphatic heterocycles. The molecule has 0 unspecified atom stereocenters. The van der Waals surface area contributed by atoms with Crippen molar-refractivity contribution in [3.63, 3.8) is 0 Å². The summed E-state index contributed by atoms with van der Waals surface area (Å²) in [6.07, 6.45) is 8.25. The smallest absolute Gasteiger partial charge is 0.337 e. The van der Waals surface area contributed by atoms with E-state index in [4.69, 9.17) is 14.2 Å².